The SMILES string of the molecule is CC1(C)OB(c2ccc3c(c2)C2(c4ccccc4Sc4ccc(-c5ccc(C#N)c6ccccc56)cc42)c2ccccc2-3)OC1(C)C. The van der Waals surface area contributed by atoms with Crippen molar-refractivity contribution in [1.82, 2.24) is 0 Å². The zero-order chi connectivity index (χ0) is 32.1. The van der Waals surface area contributed by atoms with Crippen molar-refractivity contribution in [2.24, 2.45) is 0 Å². The van der Waals surface area contributed by atoms with Crippen LogP contribution in [0, 0.1) is 11.3 Å². The molecule has 0 N–H and O–H groups in total. The highest BCUT2D eigenvalue weighted by Gasteiger charge is 2.54. The van der Waals surface area contributed by atoms with Crippen molar-refractivity contribution in [3.63, 3.8) is 0 Å². The molecule has 0 aromatic heterocycles. The number of rotatable bonds is 2. The van der Waals surface area contributed by atoms with Crippen LogP contribution in [0.3, 0.4) is 0 Å². The Morgan fingerprint density at radius 1 is 0.574 bits per heavy atom. The lowest BCUT2D eigenvalue weighted by atomic mass is 9.65. The minimum absolute atomic E-state index is 0.434. The summed E-state index contributed by atoms with van der Waals surface area (Å²) in [5, 5.41) is 11.9. The van der Waals surface area contributed by atoms with Gasteiger partial charge in [0.05, 0.1) is 28.2 Å². The van der Waals surface area contributed by atoms with E-state index in [0.717, 1.165) is 27.4 Å². The van der Waals surface area contributed by atoms with E-state index in [0.29, 0.717) is 5.56 Å². The molecule has 0 radical (unpaired) electrons. The first kappa shape index (κ1) is 28.6. The molecule has 1 spiro atoms. The Bertz CT molecular complexity index is 2320. The number of nitriles is 1. The standard InChI is InChI=1S/C42H32BNO2S/c1-40(2)41(3,4)46-43(45-40)28-19-21-33-32-13-7-8-14-34(32)42(36(33)24-28)35-15-9-10-16-38(35)47-39-22-18-26(23-37(39)42)30-20-17-27(25-44)29-11-5-6-12-31(29)30/h5-24H,1-4H3. The third-order valence-corrected chi connectivity index (χ3v) is 12.0. The fraction of sp³-hybridized carbons (Fsp3) is 0.167. The van der Waals surface area contributed by atoms with Gasteiger partial charge in [-0.15, -0.1) is 0 Å². The first-order valence-electron chi connectivity index (χ1n) is 16.2. The minimum Gasteiger partial charge on any atom is -0.399 e. The van der Waals surface area contributed by atoms with Crippen LogP contribution in [0.1, 0.15) is 55.5 Å². The average molecular weight is 626 g/mol. The van der Waals surface area contributed by atoms with Gasteiger partial charge in [0, 0.05) is 15.2 Å². The van der Waals surface area contributed by atoms with Crippen molar-refractivity contribution in [3.05, 3.63) is 149 Å². The molecule has 1 atom stereocenters. The van der Waals surface area contributed by atoms with E-state index >= 15 is 0 Å². The monoisotopic (exact) mass is 625 g/mol. The maximum atomic E-state index is 9.86. The van der Waals surface area contributed by atoms with Crippen LogP contribution in [0.5, 0.6) is 0 Å². The highest BCUT2D eigenvalue weighted by atomic mass is 32.2. The zero-order valence-electron chi connectivity index (χ0n) is 26.8. The van der Waals surface area contributed by atoms with Crippen LogP contribution in [0.2, 0.25) is 0 Å². The molecular formula is C42H32BNO2S. The van der Waals surface area contributed by atoms with E-state index in [1.807, 2.05) is 30.0 Å². The summed E-state index contributed by atoms with van der Waals surface area (Å²) in [5.74, 6) is 0. The summed E-state index contributed by atoms with van der Waals surface area (Å²) in [5.41, 5.74) is 10.2. The quantitative estimate of drug-likeness (QED) is 0.180. The van der Waals surface area contributed by atoms with Gasteiger partial charge in [0.2, 0.25) is 0 Å². The predicted octanol–water partition coefficient (Wildman–Crippen LogP) is 9.51. The first-order chi connectivity index (χ1) is 22.7. The van der Waals surface area contributed by atoms with Crippen molar-refractivity contribution < 1.29 is 9.31 Å². The van der Waals surface area contributed by atoms with Crippen molar-refractivity contribution in [3.8, 4) is 28.3 Å². The Kier molecular flexibility index (Phi) is 6.06. The molecule has 3 aliphatic rings. The molecule has 2 heterocycles. The van der Waals surface area contributed by atoms with E-state index in [2.05, 4.69) is 137 Å². The van der Waals surface area contributed by atoms with Gasteiger partial charge in [0.15, 0.2) is 0 Å². The van der Waals surface area contributed by atoms with Crippen LogP contribution >= 0.6 is 11.8 Å². The molecule has 1 aliphatic carbocycles. The second kappa shape index (κ2) is 9.95. The average Bonchev–Trinajstić information content (AvgIpc) is 3.50. The summed E-state index contributed by atoms with van der Waals surface area (Å²) >= 11 is 1.84. The van der Waals surface area contributed by atoms with Gasteiger partial charge in [-0.3, -0.25) is 0 Å². The van der Waals surface area contributed by atoms with Gasteiger partial charge < -0.3 is 9.31 Å². The molecule has 0 amide bonds. The van der Waals surface area contributed by atoms with Crippen molar-refractivity contribution >= 4 is 35.1 Å². The number of hydrogen-bond donors (Lipinski definition) is 0. The van der Waals surface area contributed by atoms with Crippen molar-refractivity contribution in [1.29, 1.82) is 5.26 Å². The van der Waals surface area contributed by atoms with E-state index in [1.165, 1.54) is 43.2 Å². The summed E-state index contributed by atoms with van der Waals surface area (Å²) < 4.78 is 13.2. The molecule has 9 rings (SSSR count). The predicted molar refractivity (Wildman–Crippen MR) is 191 cm³/mol. The Labute approximate surface area is 280 Å². The van der Waals surface area contributed by atoms with Gasteiger partial charge in [0.1, 0.15) is 0 Å². The Hall–Kier alpha value is -4.60. The largest absolute Gasteiger partial charge is 0.494 e. The molecule has 1 saturated heterocycles. The van der Waals surface area contributed by atoms with E-state index in [4.69, 9.17) is 9.31 Å². The molecule has 6 aromatic rings. The molecule has 47 heavy (non-hydrogen) atoms. The van der Waals surface area contributed by atoms with E-state index in [-0.39, 0.29) is 0 Å². The Morgan fingerprint density at radius 2 is 1.21 bits per heavy atom. The Morgan fingerprint density at radius 3 is 2.00 bits per heavy atom. The van der Waals surface area contributed by atoms with Gasteiger partial charge in [-0.2, -0.15) is 5.26 Å². The van der Waals surface area contributed by atoms with Gasteiger partial charge in [-0.05, 0) is 107 Å². The molecule has 3 nitrogen and oxygen atoms in total. The topological polar surface area (TPSA) is 42.2 Å². The summed E-state index contributed by atoms with van der Waals surface area (Å²) in [4.78, 5) is 2.51. The Balaban J connectivity index is 1.34. The van der Waals surface area contributed by atoms with Gasteiger partial charge in [-0.1, -0.05) is 109 Å². The van der Waals surface area contributed by atoms with Gasteiger partial charge >= 0.3 is 7.12 Å². The maximum absolute atomic E-state index is 9.86. The third kappa shape index (κ3) is 3.90. The molecule has 5 heteroatoms. The molecular weight excluding hydrogens is 593 g/mol. The lowest BCUT2D eigenvalue weighted by Gasteiger charge is -2.40. The molecule has 2 aliphatic heterocycles. The number of benzene rings is 6. The molecule has 1 fully saturated rings. The van der Waals surface area contributed by atoms with Crippen LogP contribution in [-0.2, 0) is 14.7 Å². The van der Waals surface area contributed by atoms with E-state index in [9.17, 15) is 5.26 Å². The molecule has 0 bridgehead atoms. The van der Waals surface area contributed by atoms with Crippen LogP contribution in [-0.4, -0.2) is 18.3 Å². The normalized spacial score (nSPS) is 19.6. The highest BCUT2D eigenvalue weighted by Crippen LogP contribution is 2.62. The fourth-order valence-corrected chi connectivity index (χ4v) is 9.03. The highest BCUT2D eigenvalue weighted by molar-refractivity contribution is 7.99. The lowest BCUT2D eigenvalue weighted by Crippen LogP contribution is -2.41. The summed E-state index contributed by atoms with van der Waals surface area (Å²) in [6, 6.07) is 46.2. The second-order valence-corrected chi connectivity index (χ2v) is 14.9. The number of fused-ring (bicyclic) bond motifs is 10. The van der Waals surface area contributed by atoms with Crippen LogP contribution in [0.15, 0.2) is 131 Å². The second-order valence-electron chi connectivity index (χ2n) is 13.8. The summed E-state index contributed by atoms with van der Waals surface area (Å²) in [7, 11) is -0.463. The third-order valence-electron chi connectivity index (χ3n) is 10.8. The van der Waals surface area contributed by atoms with Crippen LogP contribution in [0.25, 0.3) is 33.0 Å². The molecule has 1 unspecified atom stereocenters. The molecule has 226 valence electrons. The maximum Gasteiger partial charge on any atom is 0.494 e. The minimum atomic E-state index is -0.541. The zero-order valence-corrected chi connectivity index (χ0v) is 27.6. The van der Waals surface area contributed by atoms with Crippen molar-refractivity contribution in [2.45, 2.75) is 54.1 Å². The smallest absolute Gasteiger partial charge is 0.399 e. The van der Waals surface area contributed by atoms with E-state index in [1.54, 1.807) is 0 Å². The molecule has 0 saturated carbocycles. The van der Waals surface area contributed by atoms with Gasteiger partial charge in [-0.25, -0.2) is 0 Å². The number of nitrogens with zero attached hydrogens (tertiary/aromatic N) is 1. The van der Waals surface area contributed by atoms with E-state index < -0.39 is 23.7 Å². The number of hydrogen-bond acceptors (Lipinski definition) is 4. The summed E-state index contributed by atoms with van der Waals surface area (Å²) in [6.07, 6.45) is 0. The lowest BCUT2D eigenvalue weighted by molar-refractivity contribution is 0.00578. The van der Waals surface area contributed by atoms with Crippen LogP contribution in [0.4, 0.5) is 0 Å². The summed E-state index contributed by atoms with van der Waals surface area (Å²) in [6.45, 7) is 8.43. The van der Waals surface area contributed by atoms with Gasteiger partial charge in [0.25, 0.3) is 0 Å². The fourth-order valence-electron chi connectivity index (χ4n) is 7.86. The van der Waals surface area contributed by atoms with Crippen molar-refractivity contribution in [2.75, 3.05) is 0 Å². The molecule has 6 aromatic carbocycles. The first-order valence-corrected chi connectivity index (χ1v) is 17.0. The van der Waals surface area contributed by atoms with Crippen LogP contribution < -0.4 is 5.46 Å².